The predicted molar refractivity (Wildman–Crippen MR) is 150 cm³/mol. The molecule has 1 N–H and O–H groups in total. The summed E-state index contributed by atoms with van der Waals surface area (Å²) in [4.78, 5) is 19.0. The fourth-order valence-corrected chi connectivity index (χ4v) is 6.58. The second-order valence-electron chi connectivity index (χ2n) is 8.94. The number of benzene rings is 2. The number of thiophene rings is 1. The zero-order chi connectivity index (χ0) is 25.8. The molecule has 0 spiro atoms. The SMILES string of the molecule is Cc1ccc(-c2cc(-c3ccccc3)nc(SCC(=O)Nc3sc4c(c3C#N)CCCC4)c2C#N)cc1. The monoisotopic (exact) mass is 520 g/mol. The van der Waals surface area contributed by atoms with Gasteiger partial charge in [0.05, 0.1) is 22.6 Å². The van der Waals surface area contributed by atoms with Crippen LogP contribution in [0, 0.1) is 29.6 Å². The first-order chi connectivity index (χ1) is 18.1. The molecule has 5 rings (SSSR count). The number of carbonyl (C=O) groups is 1. The molecule has 0 bridgehead atoms. The van der Waals surface area contributed by atoms with E-state index in [1.54, 1.807) is 0 Å². The van der Waals surface area contributed by atoms with Crippen molar-refractivity contribution in [2.24, 2.45) is 0 Å². The summed E-state index contributed by atoms with van der Waals surface area (Å²) in [6.07, 6.45) is 4.04. The molecule has 0 saturated carbocycles. The molecule has 2 aromatic heterocycles. The van der Waals surface area contributed by atoms with Crippen LogP contribution in [0.2, 0.25) is 0 Å². The van der Waals surface area contributed by atoms with Gasteiger partial charge in [-0.15, -0.1) is 11.3 Å². The molecule has 1 aliphatic rings. The lowest BCUT2D eigenvalue weighted by atomic mass is 9.96. The number of nitrogens with one attached hydrogen (secondary N) is 1. The summed E-state index contributed by atoms with van der Waals surface area (Å²) in [5, 5.41) is 23.9. The Hall–Kier alpha value is -3.91. The van der Waals surface area contributed by atoms with Gasteiger partial charge in [0, 0.05) is 16.0 Å². The molecule has 0 saturated heterocycles. The molecule has 0 aliphatic heterocycles. The van der Waals surface area contributed by atoms with E-state index in [1.165, 1.54) is 28.0 Å². The third-order valence-corrected chi connectivity index (χ3v) is 8.59. The molecule has 7 heteroatoms. The zero-order valence-electron chi connectivity index (χ0n) is 20.4. The third kappa shape index (κ3) is 5.29. The van der Waals surface area contributed by atoms with Gasteiger partial charge in [0.1, 0.15) is 22.2 Å². The van der Waals surface area contributed by atoms with Crippen LogP contribution in [0.1, 0.15) is 40.0 Å². The molecule has 1 aliphatic carbocycles. The maximum absolute atomic E-state index is 13.0. The normalized spacial score (nSPS) is 12.3. The summed E-state index contributed by atoms with van der Waals surface area (Å²) < 4.78 is 0. The van der Waals surface area contributed by atoms with E-state index in [1.807, 2.05) is 67.6 Å². The Bertz CT molecular complexity index is 1540. The van der Waals surface area contributed by atoms with Crippen LogP contribution in [0.5, 0.6) is 0 Å². The van der Waals surface area contributed by atoms with Crippen LogP contribution in [-0.4, -0.2) is 16.6 Å². The molecule has 0 fully saturated rings. The van der Waals surface area contributed by atoms with Gasteiger partial charge in [-0.25, -0.2) is 4.98 Å². The number of thioether (sulfide) groups is 1. The van der Waals surface area contributed by atoms with E-state index >= 15 is 0 Å². The van der Waals surface area contributed by atoms with Crippen molar-refractivity contribution in [2.45, 2.75) is 37.6 Å². The molecule has 2 aromatic carbocycles. The summed E-state index contributed by atoms with van der Waals surface area (Å²) >= 11 is 2.76. The summed E-state index contributed by atoms with van der Waals surface area (Å²) in [6, 6.07) is 24.4. The van der Waals surface area contributed by atoms with Crippen molar-refractivity contribution in [3.05, 3.63) is 87.8 Å². The average molecular weight is 521 g/mol. The number of rotatable bonds is 6. The first-order valence-corrected chi connectivity index (χ1v) is 13.9. The number of hydrogen-bond acceptors (Lipinski definition) is 6. The number of fused-ring (bicyclic) bond motifs is 1. The van der Waals surface area contributed by atoms with E-state index in [-0.39, 0.29) is 11.7 Å². The minimum Gasteiger partial charge on any atom is -0.316 e. The number of amides is 1. The van der Waals surface area contributed by atoms with Crippen molar-refractivity contribution in [3.8, 4) is 34.5 Å². The van der Waals surface area contributed by atoms with Crippen molar-refractivity contribution >= 4 is 34.0 Å². The van der Waals surface area contributed by atoms with Gasteiger partial charge in [-0.2, -0.15) is 10.5 Å². The fourth-order valence-electron chi connectivity index (χ4n) is 4.52. The van der Waals surface area contributed by atoms with E-state index < -0.39 is 0 Å². The highest BCUT2D eigenvalue weighted by molar-refractivity contribution is 8.00. The molecule has 182 valence electrons. The second kappa shape index (κ2) is 11.0. The zero-order valence-corrected chi connectivity index (χ0v) is 22.0. The maximum atomic E-state index is 13.0. The molecular weight excluding hydrogens is 496 g/mol. The highest BCUT2D eigenvalue weighted by atomic mass is 32.2. The minimum absolute atomic E-state index is 0.0840. The van der Waals surface area contributed by atoms with E-state index in [0.29, 0.717) is 21.2 Å². The third-order valence-electron chi connectivity index (χ3n) is 6.41. The molecule has 37 heavy (non-hydrogen) atoms. The Labute approximate surface area is 224 Å². The van der Waals surface area contributed by atoms with Crippen molar-refractivity contribution in [1.29, 1.82) is 10.5 Å². The van der Waals surface area contributed by atoms with Crippen LogP contribution in [0.15, 0.2) is 65.7 Å². The highest BCUT2D eigenvalue weighted by Crippen LogP contribution is 2.38. The number of anilines is 1. The Kier molecular flexibility index (Phi) is 7.37. The quantitative estimate of drug-likeness (QED) is 0.273. The molecule has 5 nitrogen and oxygen atoms in total. The lowest BCUT2D eigenvalue weighted by molar-refractivity contribution is -0.113. The van der Waals surface area contributed by atoms with Gasteiger partial charge in [-0.05, 0) is 49.8 Å². The number of carbonyl (C=O) groups excluding carboxylic acids is 1. The molecule has 4 aromatic rings. The van der Waals surface area contributed by atoms with Gasteiger partial charge in [-0.3, -0.25) is 4.79 Å². The molecule has 1 amide bonds. The molecule has 2 heterocycles. The highest BCUT2D eigenvalue weighted by Gasteiger charge is 2.22. The molecule has 0 unspecified atom stereocenters. The Morgan fingerprint density at radius 3 is 2.46 bits per heavy atom. The van der Waals surface area contributed by atoms with Crippen LogP contribution in [-0.2, 0) is 17.6 Å². The van der Waals surface area contributed by atoms with Gasteiger partial charge in [0.25, 0.3) is 0 Å². The summed E-state index contributed by atoms with van der Waals surface area (Å²) in [7, 11) is 0. The molecular formula is C30H24N4OS2. The average Bonchev–Trinajstić information content (AvgIpc) is 3.29. The van der Waals surface area contributed by atoms with E-state index in [9.17, 15) is 15.3 Å². The summed E-state index contributed by atoms with van der Waals surface area (Å²) in [6.45, 7) is 2.03. The van der Waals surface area contributed by atoms with Gasteiger partial charge < -0.3 is 5.32 Å². The van der Waals surface area contributed by atoms with E-state index in [2.05, 4.69) is 17.5 Å². The lowest BCUT2D eigenvalue weighted by Crippen LogP contribution is -2.14. The lowest BCUT2D eigenvalue weighted by Gasteiger charge is -2.13. The van der Waals surface area contributed by atoms with Gasteiger partial charge in [0.2, 0.25) is 5.91 Å². The van der Waals surface area contributed by atoms with Crippen LogP contribution in [0.3, 0.4) is 0 Å². The van der Waals surface area contributed by atoms with Crippen LogP contribution in [0.4, 0.5) is 5.00 Å². The van der Waals surface area contributed by atoms with E-state index in [4.69, 9.17) is 4.98 Å². The number of nitriles is 2. The fraction of sp³-hybridized carbons (Fsp3) is 0.200. The number of pyridine rings is 1. The van der Waals surface area contributed by atoms with E-state index in [0.717, 1.165) is 59.2 Å². The number of aryl methyl sites for hydroxylation is 2. The number of nitrogens with zero attached hydrogens (tertiary/aromatic N) is 3. The van der Waals surface area contributed by atoms with Gasteiger partial charge >= 0.3 is 0 Å². The van der Waals surface area contributed by atoms with Crippen LogP contribution in [0.25, 0.3) is 22.4 Å². The predicted octanol–water partition coefficient (Wildman–Crippen LogP) is 7.14. The molecule has 0 atom stereocenters. The van der Waals surface area contributed by atoms with Crippen molar-refractivity contribution in [1.82, 2.24) is 4.98 Å². The van der Waals surface area contributed by atoms with Crippen LogP contribution >= 0.6 is 23.1 Å². The largest absolute Gasteiger partial charge is 0.316 e. The number of hydrogen-bond donors (Lipinski definition) is 1. The Balaban J connectivity index is 1.45. The van der Waals surface area contributed by atoms with Crippen molar-refractivity contribution in [3.63, 3.8) is 0 Å². The topological polar surface area (TPSA) is 89.6 Å². The van der Waals surface area contributed by atoms with Crippen molar-refractivity contribution < 1.29 is 4.79 Å². The minimum atomic E-state index is -0.215. The standard InChI is InChI=1S/C30H24N4OS2/c1-19-11-13-20(14-12-19)23-15-26(21-7-3-2-4-8-21)33-29(25(23)17-32)36-18-28(35)34-30-24(16-31)22-9-5-6-10-27(22)37-30/h2-4,7-8,11-15H,5-6,9-10,18H2,1H3,(H,34,35). The van der Waals surface area contributed by atoms with Gasteiger partial charge in [-0.1, -0.05) is 71.9 Å². The summed E-state index contributed by atoms with van der Waals surface area (Å²) in [5.41, 5.74) is 6.68. The maximum Gasteiger partial charge on any atom is 0.235 e. The number of aromatic nitrogens is 1. The van der Waals surface area contributed by atoms with Crippen LogP contribution < -0.4 is 5.32 Å². The Morgan fingerprint density at radius 1 is 1.00 bits per heavy atom. The van der Waals surface area contributed by atoms with Gasteiger partial charge in [0.15, 0.2) is 0 Å². The first-order valence-electron chi connectivity index (χ1n) is 12.1. The Morgan fingerprint density at radius 2 is 1.73 bits per heavy atom. The smallest absolute Gasteiger partial charge is 0.235 e. The second-order valence-corrected chi connectivity index (χ2v) is 11.0. The first kappa shape index (κ1) is 24.8. The molecule has 0 radical (unpaired) electrons. The van der Waals surface area contributed by atoms with Crippen molar-refractivity contribution in [2.75, 3.05) is 11.1 Å². The summed E-state index contributed by atoms with van der Waals surface area (Å²) in [5.74, 6) is -0.131.